The van der Waals surface area contributed by atoms with Crippen LogP contribution in [-0.2, 0) is 10.0 Å². The number of thiophene rings is 1. The maximum Gasteiger partial charge on any atom is 0.256 e. The second kappa shape index (κ2) is 5.57. The van der Waals surface area contributed by atoms with Crippen molar-refractivity contribution in [1.82, 2.24) is 0 Å². The third-order valence-corrected chi connectivity index (χ3v) is 5.03. The van der Waals surface area contributed by atoms with Gasteiger partial charge in [-0.05, 0) is 40.8 Å². The van der Waals surface area contributed by atoms with E-state index in [9.17, 15) is 13.2 Å². The van der Waals surface area contributed by atoms with Crippen LogP contribution in [0.4, 0.5) is 5.69 Å². The Labute approximate surface area is 128 Å². The van der Waals surface area contributed by atoms with E-state index in [1.54, 1.807) is 23.6 Å². The molecule has 0 aliphatic rings. The van der Waals surface area contributed by atoms with Gasteiger partial charge in [0.25, 0.3) is 5.91 Å². The fraction of sp³-hybridized carbons (Fsp3) is 0. The fourth-order valence-electron chi connectivity index (χ4n) is 1.44. The molecule has 0 atom stereocenters. The Balaban J connectivity index is 2.32. The van der Waals surface area contributed by atoms with Gasteiger partial charge in [0.05, 0.1) is 14.1 Å². The van der Waals surface area contributed by atoms with Crippen LogP contribution in [-0.4, -0.2) is 14.3 Å². The van der Waals surface area contributed by atoms with Crippen LogP contribution >= 0.6 is 33.9 Å². The predicted molar refractivity (Wildman–Crippen MR) is 82.8 cm³/mol. The average Bonchev–Trinajstić information content (AvgIpc) is 2.75. The SMILES string of the molecule is NS(=O)(=O)c1ccccc1NC(=O)c1csc(I)c1. The minimum Gasteiger partial charge on any atom is -0.321 e. The molecule has 0 saturated carbocycles. The minimum absolute atomic E-state index is 0.103. The van der Waals surface area contributed by atoms with E-state index < -0.39 is 10.0 Å². The van der Waals surface area contributed by atoms with Crippen molar-refractivity contribution in [3.63, 3.8) is 0 Å². The first-order chi connectivity index (χ1) is 8.88. The van der Waals surface area contributed by atoms with Gasteiger partial charge in [0.2, 0.25) is 10.0 Å². The third-order valence-electron chi connectivity index (χ3n) is 2.27. The number of sulfonamides is 1. The summed E-state index contributed by atoms with van der Waals surface area (Å²) in [5.74, 6) is -0.365. The number of carbonyl (C=O) groups is 1. The number of halogens is 1. The summed E-state index contributed by atoms with van der Waals surface area (Å²) < 4.78 is 23.8. The van der Waals surface area contributed by atoms with Gasteiger partial charge in [-0.25, -0.2) is 13.6 Å². The van der Waals surface area contributed by atoms with Crippen LogP contribution in [0.1, 0.15) is 10.4 Å². The van der Waals surface area contributed by atoms with E-state index in [-0.39, 0.29) is 16.5 Å². The van der Waals surface area contributed by atoms with E-state index in [0.29, 0.717) is 5.56 Å². The van der Waals surface area contributed by atoms with Crippen molar-refractivity contribution in [2.75, 3.05) is 5.32 Å². The van der Waals surface area contributed by atoms with Gasteiger partial charge in [0.1, 0.15) is 4.90 Å². The predicted octanol–water partition coefficient (Wildman–Crippen LogP) is 2.25. The van der Waals surface area contributed by atoms with E-state index >= 15 is 0 Å². The van der Waals surface area contributed by atoms with E-state index in [1.165, 1.54) is 23.5 Å². The van der Waals surface area contributed by atoms with Crippen LogP contribution in [0.3, 0.4) is 0 Å². The summed E-state index contributed by atoms with van der Waals surface area (Å²) in [4.78, 5) is 11.9. The Hall–Kier alpha value is -0.970. The maximum atomic E-state index is 12.0. The summed E-state index contributed by atoms with van der Waals surface area (Å²) in [5.41, 5.74) is 0.662. The molecule has 2 rings (SSSR count). The third kappa shape index (κ3) is 3.53. The number of para-hydroxylation sites is 1. The molecule has 0 spiro atoms. The lowest BCUT2D eigenvalue weighted by atomic mass is 10.3. The molecular formula is C11H9IN2O3S2. The summed E-state index contributed by atoms with van der Waals surface area (Å²) in [6.07, 6.45) is 0. The lowest BCUT2D eigenvalue weighted by Gasteiger charge is -2.08. The molecule has 1 heterocycles. The number of hydrogen-bond donors (Lipinski definition) is 2. The van der Waals surface area contributed by atoms with Gasteiger partial charge in [-0.3, -0.25) is 4.79 Å². The lowest BCUT2D eigenvalue weighted by Crippen LogP contribution is -2.18. The molecule has 3 N–H and O–H groups in total. The molecule has 0 fully saturated rings. The number of nitrogens with two attached hydrogens (primary N) is 1. The van der Waals surface area contributed by atoms with Gasteiger partial charge in [0.15, 0.2) is 0 Å². The number of rotatable bonds is 3. The molecule has 100 valence electrons. The molecule has 0 bridgehead atoms. The van der Waals surface area contributed by atoms with E-state index in [0.717, 1.165) is 2.88 Å². The smallest absolute Gasteiger partial charge is 0.256 e. The highest BCUT2D eigenvalue weighted by molar-refractivity contribution is 14.1. The van der Waals surface area contributed by atoms with Crippen molar-refractivity contribution < 1.29 is 13.2 Å². The first-order valence-electron chi connectivity index (χ1n) is 5.05. The van der Waals surface area contributed by atoms with E-state index in [4.69, 9.17) is 5.14 Å². The summed E-state index contributed by atoms with van der Waals surface area (Å²) in [7, 11) is -3.87. The molecule has 19 heavy (non-hydrogen) atoms. The van der Waals surface area contributed by atoms with Gasteiger partial charge in [0, 0.05) is 5.38 Å². The van der Waals surface area contributed by atoms with Gasteiger partial charge in [-0.2, -0.15) is 0 Å². The highest BCUT2D eigenvalue weighted by atomic mass is 127. The second-order valence-corrected chi connectivity index (χ2v) is 7.97. The average molecular weight is 408 g/mol. The van der Waals surface area contributed by atoms with Gasteiger partial charge >= 0.3 is 0 Å². The van der Waals surface area contributed by atoms with Crippen molar-refractivity contribution in [2.24, 2.45) is 5.14 Å². The van der Waals surface area contributed by atoms with E-state index in [1.807, 2.05) is 0 Å². The number of hydrogen-bond acceptors (Lipinski definition) is 4. The normalized spacial score (nSPS) is 11.3. The molecule has 1 amide bonds. The van der Waals surface area contributed by atoms with Gasteiger partial charge in [-0.15, -0.1) is 11.3 Å². The van der Waals surface area contributed by atoms with Crippen LogP contribution in [0.25, 0.3) is 0 Å². The first kappa shape index (κ1) is 14.4. The lowest BCUT2D eigenvalue weighted by molar-refractivity contribution is 0.102. The molecule has 5 nitrogen and oxygen atoms in total. The molecule has 0 radical (unpaired) electrons. The zero-order chi connectivity index (χ0) is 14.0. The van der Waals surface area contributed by atoms with Crippen LogP contribution < -0.4 is 10.5 Å². The molecule has 0 saturated heterocycles. The second-order valence-electron chi connectivity index (χ2n) is 3.63. The highest BCUT2D eigenvalue weighted by Gasteiger charge is 2.16. The molecule has 8 heteroatoms. The minimum atomic E-state index is -3.87. The Kier molecular flexibility index (Phi) is 4.23. The Morgan fingerprint density at radius 2 is 2.00 bits per heavy atom. The Morgan fingerprint density at radius 3 is 2.58 bits per heavy atom. The van der Waals surface area contributed by atoms with Crippen LogP contribution in [0.5, 0.6) is 0 Å². The van der Waals surface area contributed by atoms with Crippen LogP contribution in [0.15, 0.2) is 40.6 Å². The molecule has 1 aromatic carbocycles. The summed E-state index contributed by atoms with van der Waals surface area (Å²) in [6.45, 7) is 0. The molecular weight excluding hydrogens is 399 g/mol. The monoisotopic (exact) mass is 408 g/mol. The highest BCUT2D eigenvalue weighted by Crippen LogP contribution is 2.22. The number of nitrogens with one attached hydrogen (secondary N) is 1. The van der Waals surface area contributed by atoms with Gasteiger partial charge in [-0.1, -0.05) is 12.1 Å². The number of amides is 1. The number of anilines is 1. The zero-order valence-corrected chi connectivity index (χ0v) is 13.3. The van der Waals surface area contributed by atoms with Crippen molar-refractivity contribution in [3.8, 4) is 0 Å². The summed E-state index contributed by atoms with van der Waals surface area (Å²) in [6, 6.07) is 7.74. The molecule has 0 unspecified atom stereocenters. The first-order valence-corrected chi connectivity index (χ1v) is 8.55. The summed E-state index contributed by atoms with van der Waals surface area (Å²) in [5, 5.41) is 9.35. The molecule has 0 aliphatic carbocycles. The largest absolute Gasteiger partial charge is 0.321 e. The zero-order valence-electron chi connectivity index (χ0n) is 9.46. The number of carbonyl (C=O) groups excluding carboxylic acids is 1. The molecule has 0 aliphatic heterocycles. The fourth-order valence-corrected chi connectivity index (χ4v) is 3.46. The van der Waals surface area contributed by atoms with E-state index in [2.05, 4.69) is 27.9 Å². The van der Waals surface area contributed by atoms with Crippen molar-refractivity contribution in [2.45, 2.75) is 4.90 Å². The van der Waals surface area contributed by atoms with Crippen molar-refractivity contribution in [1.29, 1.82) is 0 Å². The quantitative estimate of drug-likeness (QED) is 0.764. The Morgan fingerprint density at radius 1 is 1.32 bits per heavy atom. The van der Waals surface area contributed by atoms with Gasteiger partial charge < -0.3 is 5.32 Å². The van der Waals surface area contributed by atoms with Crippen LogP contribution in [0.2, 0.25) is 0 Å². The van der Waals surface area contributed by atoms with Crippen molar-refractivity contribution in [3.05, 3.63) is 44.2 Å². The van der Waals surface area contributed by atoms with Crippen molar-refractivity contribution >= 4 is 55.5 Å². The Bertz CT molecular complexity index is 725. The maximum absolute atomic E-state index is 12.0. The standard InChI is InChI=1S/C11H9IN2O3S2/c12-10-5-7(6-18-10)11(15)14-8-3-1-2-4-9(8)19(13,16)17/h1-6H,(H,14,15)(H2,13,16,17). The van der Waals surface area contributed by atoms with Crippen LogP contribution in [0, 0.1) is 2.88 Å². The molecule has 1 aromatic heterocycles. The molecule has 2 aromatic rings. The summed E-state index contributed by atoms with van der Waals surface area (Å²) >= 11 is 3.54. The number of primary sulfonamides is 1. The number of benzene rings is 1. The topological polar surface area (TPSA) is 89.3 Å².